The summed E-state index contributed by atoms with van der Waals surface area (Å²) in [6.45, 7) is 0. The Hall–Kier alpha value is -1.34. The summed E-state index contributed by atoms with van der Waals surface area (Å²) in [5, 5.41) is 8.69. The van der Waals surface area contributed by atoms with E-state index in [-0.39, 0.29) is 5.92 Å². The van der Waals surface area contributed by atoms with Gasteiger partial charge in [-0.2, -0.15) is 5.26 Å². The number of hydrazine groups is 1. The Kier molecular flexibility index (Phi) is 2.83. The van der Waals surface area contributed by atoms with Gasteiger partial charge in [-0.05, 0) is 12.8 Å². The summed E-state index contributed by atoms with van der Waals surface area (Å²) in [7, 11) is 0. The van der Waals surface area contributed by atoms with Crippen molar-refractivity contribution in [3.05, 3.63) is 12.2 Å². The molecular formula is C8H11N3O. The molecule has 0 radical (unpaired) electrons. The lowest BCUT2D eigenvalue weighted by Crippen LogP contribution is -2.37. The summed E-state index contributed by atoms with van der Waals surface area (Å²) in [4.78, 5) is 11.0. The van der Waals surface area contributed by atoms with E-state index in [2.05, 4.69) is 0 Å². The molecule has 4 nitrogen and oxygen atoms in total. The fourth-order valence-electron chi connectivity index (χ4n) is 1.37. The van der Waals surface area contributed by atoms with Crippen LogP contribution in [0.3, 0.4) is 0 Å². The average Bonchev–Trinajstić information content (AvgIpc) is 2.58. The normalized spacial score (nSPS) is 23.2. The Balaban J connectivity index is 2.62. The number of carbonyl (C=O) groups is 1. The standard InChI is InChI=1S/C8H11N3O/c9-5-7(8(12)11-10)6-3-1-2-4-6/h1,3,6-7H,2,4,10H2,(H,11,12). The quantitative estimate of drug-likeness (QED) is 0.263. The summed E-state index contributed by atoms with van der Waals surface area (Å²) < 4.78 is 0. The van der Waals surface area contributed by atoms with Gasteiger partial charge in [-0.15, -0.1) is 0 Å². The zero-order valence-electron chi connectivity index (χ0n) is 6.66. The maximum atomic E-state index is 11.0. The van der Waals surface area contributed by atoms with Crippen LogP contribution >= 0.6 is 0 Å². The van der Waals surface area contributed by atoms with Crippen molar-refractivity contribution in [2.24, 2.45) is 17.7 Å². The Bertz CT molecular complexity index is 241. The van der Waals surface area contributed by atoms with Gasteiger partial charge in [-0.1, -0.05) is 12.2 Å². The van der Waals surface area contributed by atoms with Crippen molar-refractivity contribution in [3.63, 3.8) is 0 Å². The highest BCUT2D eigenvalue weighted by atomic mass is 16.2. The Morgan fingerprint density at radius 2 is 2.58 bits per heavy atom. The van der Waals surface area contributed by atoms with Crippen LogP contribution in [-0.4, -0.2) is 5.91 Å². The van der Waals surface area contributed by atoms with Crippen molar-refractivity contribution in [3.8, 4) is 6.07 Å². The van der Waals surface area contributed by atoms with Gasteiger partial charge in [0.05, 0.1) is 6.07 Å². The Morgan fingerprint density at radius 3 is 3.00 bits per heavy atom. The van der Waals surface area contributed by atoms with E-state index in [0.717, 1.165) is 12.8 Å². The molecule has 2 unspecified atom stereocenters. The fourth-order valence-corrected chi connectivity index (χ4v) is 1.37. The third-order valence-corrected chi connectivity index (χ3v) is 2.04. The van der Waals surface area contributed by atoms with E-state index in [9.17, 15) is 4.79 Å². The molecule has 1 rings (SSSR count). The average molecular weight is 165 g/mol. The first-order valence-corrected chi connectivity index (χ1v) is 3.86. The van der Waals surface area contributed by atoms with E-state index >= 15 is 0 Å². The summed E-state index contributed by atoms with van der Waals surface area (Å²) >= 11 is 0. The molecule has 0 aromatic rings. The second-order valence-corrected chi connectivity index (χ2v) is 2.78. The van der Waals surface area contributed by atoms with Crippen molar-refractivity contribution in [1.29, 1.82) is 5.26 Å². The molecule has 64 valence electrons. The van der Waals surface area contributed by atoms with Crippen molar-refractivity contribution >= 4 is 5.91 Å². The maximum Gasteiger partial charge on any atom is 0.251 e. The highest BCUT2D eigenvalue weighted by molar-refractivity contribution is 5.81. The van der Waals surface area contributed by atoms with Crippen LogP contribution in [0.15, 0.2) is 12.2 Å². The molecule has 0 aromatic carbocycles. The lowest BCUT2D eigenvalue weighted by molar-refractivity contribution is -0.124. The van der Waals surface area contributed by atoms with Crippen LogP contribution in [-0.2, 0) is 4.79 Å². The molecule has 0 aromatic heterocycles. The number of nitrogens with one attached hydrogen (secondary N) is 1. The molecule has 1 amide bonds. The lowest BCUT2D eigenvalue weighted by Gasteiger charge is -2.12. The van der Waals surface area contributed by atoms with Gasteiger partial charge in [0.1, 0.15) is 5.92 Å². The van der Waals surface area contributed by atoms with E-state index in [1.165, 1.54) is 0 Å². The summed E-state index contributed by atoms with van der Waals surface area (Å²) in [6.07, 6.45) is 5.70. The number of amides is 1. The minimum absolute atomic E-state index is 0.0403. The Labute approximate surface area is 71.0 Å². The summed E-state index contributed by atoms with van der Waals surface area (Å²) in [6, 6.07) is 1.95. The molecule has 0 bridgehead atoms. The van der Waals surface area contributed by atoms with Gasteiger partial charge in [-0.25, -0.2) is 5.84 Å². The molecule has 1 aliphatic carbocycles. The molecule has 0 aliphatic heterocycles. The third-order valence-electron chi connectivity index (χ3n) is 2.04. The van der Waals surface area contributed by atoms with Crippen LogP contribution in [0.5, 0.6) is 0 Å². The number of rotatable bonds is 2. The number of nitrogens with two attached hydrogens (primary N) is 1. The monoisotopic (exact) mass is 165 g/mol. The van der Waals surface area contributed by atoms with Crippen molar-refractivity contribution in [1.82, 2.24) is 5.43 Å². The van der Waals surface area contributed by atoms with Gasteiger partial charge in [0.25, 0.3) is 5.91 Å². The zero-order valence-corrected chi connectivity index (χ0v) is 6.66. The van der Waals surface area contributed by atoms with E-state index in [0.29, 0.717) is 0 Å². The molecule has 0 fully saturated rings. The first-order valence-electron chi connectivity index (χ1n) is 3.86. The van der Waals surface area contributed by atoms with Crippen molar-refractivity contribution in [2.45, 2.75) is 12.8 Å². The second-order valence-electron chi connectivity index (χ2n) is 2.78. The first kappa shape index (κ1) is 8.75. The summed E-state index contributed by atoms with van der Waals surface area (Å²) in [5.74, 6) is 3.96. The molecule has 0 saturated heterocycles. The number of nitrogens with zero attached hydrogens (tertiary/aromatic N) is 1. The molecular weight excluding hydrogens is 154 g/mol. The van der Waals surface area contributed by atoms with Crippen LogP contribution in [0.4, 0.5) is 0 Å². The number of hydrogen-bond acceptors (Lipinski definition) is 3. The smallest absolute Gasteiger partial charge is 0.251 e. The molecule has 1 aliphatic rings. The molecule has 0 spiro atoms. The van der Waals surface area contributed by atoms with E-state index < -0.39 is 11.8 Å². The number of carbonyl (C=O) groups excluding carboxylic acids is 1. The second kappa shape index (κ2) is 3.88. The van der Waals surface area contributed by atoms with Crippen LogP contribution in [0.25, 0.3) is 0 Å². The highest BCUT2D eigenvalue weighted by Crippen LogP contribution is 2.24. The predicted octanol–water partition coefficient (Wildman–Crippen LogP) is 0.0823. The molecule has 3 N–H and O–H groups in total. The highest BCUT2D eigenvalue weighted by Gasteiger charge is 2.27. The molecule has 0 saturated carbocycles. The summed E-state index contributed by atoms with van der Waals surface area (Å²) in [5.41, 5.74) is 2.00. The van der Waals surface area contributed by atoms with E-state index in [1.807, 2.05) is 23.6 Å². The Morgan fingerprint density at radius 1 is 1.83 bits per heavy atom. The van der Waals surface area contributed by atoms with Gasteiger partial charge < -0.3 is 0 Å². The molecule has 2 atom stereocenters. The molecule has 4 heteroatoms. The maximum absolute atomic E-state index is 11.0. The number of allylic oxidation sites excluding steroid dienone is 2. The predicted molar refractivity (Wildman–Crippen MR) is 43.3 cm³/mol. The van der Waals surface area contributed by atoms with Gasteiger partial charge in [0.15, 0.2) is 0 Å². The topological polar surface area (TPSA) is 78.9 Å². The van der Waals surface area contributed by atoms with Crippen LogP contribution in [0.1, 0.15) is 12.8 Å². The van der Waals surface area contributed by atoms with Crippen molar-refractivity contribution in [2.75, 3.05) is 0 Å². The van der Waals surface area contributed by atoms with E-state index in [4.69, 9.17) is 11.1 Å². The first-order chi connectivity index (χ1) is 5.79. The minimum Gasteiger partial charge on any atom is -0.293 e. The minimum atomic E-state index is -0.631. The SMILES string of the molecule is N#CC(C(=O)NN)C1C=CCC1. The number of nitriles is 1. The van der Waals surface area contributed by atoms with Crippen LogP contribution in [0.2, 0.25) is 0 Å². The van der Waals surface area contributed by atoms with E-state index in [1.54, 1.807) is 0 Å². The molecule has 12 heavy (non-hydrogen) atoms. The largest absolute Gasteiger partial charge is 0.293 e. The lowest BCUT2D eigenvalue weighted by atomic mass is 9.92. The van der Waals surface area contributed by atoms with Gasteiger partial charge in [0.2, 0.25) is 0 Å². The van der Waals surface area contributed by atoms with Crippen LogP contribution < -0.4 is 11.3 Å². The van der Waals surface area contributed by atoms with Crippen molar-refractivity contribution < 1.29 is 4.79 Å². The third kappa shape index (κ3) is 1.63. The zero-order chi connectivity index (χ0) is 8.97. The van der Waals surface area contributed by atoms with Crippen LogP contribution in [0, 0.1) is 23.2 Å². The number of hydrogen-bond donors (Lipinski definition) is 2. The van der Waals surface area contributed by atoms with Gasteiger partial charge in [-0.3, -0.25) is 10.2 Å². The molecule has 0 heterocycles. The van der Waals surface area contributed by atoms with Gasteiger partial charge in [0, 0.05) is 5.92 Å². The fraction of sp³-hybridized carbons (Fsp3) is 0.500. The van der Waals surface area contributed by atoms with Gasteiger partial charge >= 0.3 is 0 Å².